The molecule has 0 fully saturated rings. The van der Waals surface area contributed by atoms with Crippen LogP contribution in [0.1, 0.15) is 11.1 Å². The molecule has 0 aliphatic rings. The zero-order valence-corrected chi connectivity index (χ0v) is 16.6. The van der Waals surface area contributed by atoms with Crippen LogP contribution in [0, 0.1) is 6.92 Å². The van der Waals surface area contributed by atoms with Crippen LogP contribution in [0.3, 0.4) is 0 Å². The molecule has 0 spiro atoms. The van der Waals surface area contributed by atoms with E-state index in [1.54, 1.807) is 4.52 Å². The van der Waals surface area contributed by atoms with Crippen LogP contribution in [0.5, 0.6) is 0 Å². The third-order valence-corrected chi connectivity index (χ3v) is 5.20. The first-order valence-corrected chi connectivity index (χ1v) is 9.76. The molecule has 0 saturated carbocycles. The van der Waals surface area contributed by atoms with Crippen LogP contribution in [-0.2, 0) is 6.54 Å². The highest BCUT2D eigenvalue weighted by atomic mass is 35.5. The van der Waals surface area contributed by atoms with Crippen LogP contribution in [0.2, 0.25) is 5.02 Å². The minimum absolute atomic E-state index is 0.645. The van der Waals surface area contributed by atoms with Crippen molar-refractivity contribution in [2.45, 2.75) is 13.5 Å². The van der Waals surface area contributed by atoms with Crippen molar-refractivity contribution in [2.75, 3.05) is 5.32 Å². The highest BCUT2D eigenvalue weighted by Gasteiger charge is 2.15. The van der Waals surface area contributed by atoms with E-state index in [0.717, 1.165) is 44.2 Å². The van der Waals surface area contributed by atoms with Gasteiger partial charge in [-0.05, 0) is 36.8 Å². The van der Waals surface area contributed by atoms with Crippen molar-refractivity contribution in [2.24, 2.45) is 0 Å². The lowest BCUT2D eigenvalue weighted by molar-refractivity contribution is 0.876. The summed E-state index contributed by atoms with van der Waals surface area (Å²) in [4.78, 5) is 4.90. The van der Waals surface area contributed by atoms with Crippen LogP contribution >= 0.6 is 11.6 Å². The second-order valence-electron chi connectivity index (χ2n) is 7.00. The van der Waals surface area contributed by atoms with E-state index in [9.17, 15) is 0 Å². The molecule has 0 atom stereocenters. The number of hydrogen-bond acceptors (Lipinski definition) is 4. The van der Waals surface area contributed by atoms with E-state index in [2.05, 4.69) is 46.8 Å². The predicted octanol–water partition coefficient (Wildman–Crippen LogP) is 5.52. The lowest BCUT2D eigenvalue weighted by Crippen LogP contribution is -2.05. The first-order valence-electron chi connectivity index (χ1n) is 9.38. The fourth-order valence-corrected chi connectivity index (χ4v) is 3.51. The predicted molar refractivity (Wildman–Crippen MR) is 117 cm³/mol. The molecule has 2 aromatic heterocycles. The van der Waals surface area contributed by atoms with Gasteiger partial charge in [0, 0.05) is 22.5 Å². The molecular formula is C23H18ClN5. The smallest absolute Gasteiger partial charge is 0.186 e. The Kier molecular flexibility index (Phi) is 4.37. The van der Waals surface area contributed by atoms with Gasteiger partial charge in [0.1, 0.15) is 11.5 Å². The Balaban J connectivity index is 1.62. The number of rotatable bonds is 4. The minimum Gasteiger partial charge on any atom is -0.365 e. The Morgan fingerprint density at radius 2 is 1.69 bits per heavy atom. The van der Waals surface area contributed by atoms with Crippen molar-refractivity contribution in [1.29, 1.82) is 0 Å². The zero-order valence-electron chi connectivity index (χ0n) is 15.8. The van der Waals surface area contributed by atoms with Crippen molar-refractivity contribution < 1.29 is 0 Å². The third-order valence-electron chi connectivity index (χ3n) is 4.95. The summed E-state index contributed by atoms with van der Waals surface area (Å²) < 4.78 is 1.80. The van der Waals surface area contributed by atoms with Crippen LogP contribution in [0.15, 0.2) is 72.8 Å². The number of benzene rings is 3. The summed E-state index contributed by atoms with van der Waals surface area (Å²) in [6.45, 7) is 2.71. The lowest BCUT2D eigenvalue weighted by atomic mass is 10.1. The van der Waals surface area contributed by atoms with E-state index < -0.39 is 0 Å². The largest absolute Gasteiger partial charge is 0.365 e. The third kappa shape index (κ3) is 3.30. The highest BCUT2D eigenvalue weighted by molar-refractivity contribution is 6.30. The Hall–Kier alpha value is -3.44. The van der Waals surface area contributed by atoms with E-state index >= 15 is 0 Å². The summed E-state index contributed by atoms with van der Waals surface area (Å²) in [5.74, 6) is 0.804. The van der Waals surface area contributed by atoms with Crippen LogP contribution in [-0.4, -0.2) is 19.8 Å². The molecule has 0 aliphatic carbocycles. The molecule has 0 radical (unpaired) electrons. The summed E-state index contributed by atoms with van der Waals surface area (Å²) in [6, 6.07) is 24.1. The van der Waals surface area contributed by atoms with Gasteiger partial charge in [-0.15, -0.1) is 5.10 Å². The maximum Gasteiger partial charge on any atom is 0.186 e. The molecule has 5 aromatic rings. The van der Waals surface area contributed by atoms with Gasteiger partial charge in [0.15, 0.2) is 5.65 Å². The van der Waals surface area contributed by atoms with Crippen LogP contribution in [0.25, 0.3) is 27.8 Å². The summed E-state index contributed by atoms with van der Waals surface area (Å²) >= 11 is 6.00. The molecule has 0 saturated heterocycles. The van der Waals surface area contributed by atoms with Crippen LogP contribution < -0.4 is 5.32 Å². The molecule has 2 heterocycles. The van der Waals surface area contributed by atoms with Gasteiger partial charge in [-0.25, -0.2) is 4.98 Å². The number of hydrogen-bond donors (Lipinski definition) is 1. The van der Waals surface area contributed by atoms with Crippen molar-refractivity contribution in [3.8, 4) is 11.3 Å². The Morgan fingerprint density at radius 3 is 2.48 bits per heavy atom. The summed E-state index contributed by atoms with van der Waals surface area (Å²) in [7, 11) is 0. The summed E-state index contributed by atoms with van der Waals surface area (Å²) in [5, 5.41) is 14.0. The number of nitrogens with zero attached hydrogens (tertiary/aromatic N) is 4. The molecule has 142 valence electrons. The highest BCUT2D eigenvalue weighted by Crippen LogP contribution is 2.28. The molecular weight excluding hydrogens is 382 g/mol. The standard InChI is InChI=1S/C23H18ClN5/c1-15-6-10-17(11-7-15)21-23-26-22(25-14-16-8-12-18(24)13-9-16)19-4-2-3-5-20(19)29(23)28-27-21/h2-13H,14H2,1H3,(H,25,26). The molecule has 1 N–H and O–H groups in total. The lowest BCUT2D eigenvalue weighted by Gasteiger charge is -2.11. The molecule has 6 heteroatoms. The number of anilines is 1. The average molecular weight is 400 g/mol. The quantitative estimate of drug-likeness (QED) is 0.432. The van der Waals surface area contributed by atoms with Gasteiger partial charge < -0.3 is 5.32 Å². The number of nitrogens with one attached hydrogen (secondary N) is 1. The van der Waals surface area contributed by atoms with Gasteiger partial charge in [0.25, 0.3) is 0 Å². The van der Waals surface area contributed by atoms with Gasteiger partial charge in [0.2, 0.25) is 0 Å². The SMILES string of the molecule is Cc1ccc(-c2nnn3c2nc(NCc2ccc(Cl)cc2)c2ccccc23)cc1. The molecule has 0 amide bonds. The second kappa shape index (κ2) is 7.18. The van der Waals surface area contributed by atoms with Gasteiger partial charge in [0.05, 0.1) is 5.52 Å². The van der Waals surface area contributed by atoms with Crippen molar-refractivity contribution in [3.63, 3.8) is 0 Å². The molecule has 0 aliphatic heterocycles. The zero-order chi connectivity index (χ0) is 19.8. The number of halogens is 1. The Labute approximate surface area is 173 Å². The monoisotopic (exact) mass is 399 g/mol. The Bertz CT molecular complexity index is 1310. The number of para-hydroxylation sites is 1. The first-order chi connectivity index (χ1) is 14.2. The van der Waals surface area contributed by atoms with E-state index in [-0.39, 0.29) is 0 Å². The molecule has 3 aromatic carbocycles. The minimum atomic E-state index is 0.645. The van der Waals surface area contributed by atoms with E-state index in [1.165, 1.54) is 5.56 Å². The Morgan fingerprint density at radius 1 is 0.931 bits per heavy atom. The summed E-state index contributed by atoms with van der Waals surface area (Å²) in [5.41, 5.74) is 5.79. The van der Waals surface area contributed by atoms with Crippen molar-refractivity contribution in [3.05, 3.63) is 88.9 Å². The second-order valence-corrected chi connectivity index (χ2v) is 7.43. The van der Waals surface area contributed by atoms with Crippen LogP contribution in [0.4, 0.5) is 5.82 Å². The number of aromatic nitrogens is 4. The molecule has 0 unspecified atom stereocenters. The normalized spacial score (nSPS) is 11.2. The number of aryl methyl sites for hydroxylation is 1. The maximum atomic E-state index is 6.00. The van der Waals surface area contributed by atoms with Crippen molar-refractivity contribution >= 4 is 34.0 Å². The fourth-order valence-electron chi connectivity index (χ4n) is 3.39. The first kappa shape index (κ1) is 17.6. The fraction of sp³-hybridized carbons (Fsp3) is 0.0870. The van der Waals surface area contributed by atoms with E-state index in [1.807, 2.05) is 48.5 Å². The molecule has 5 nitrogen and oxygen atoms in total. The van der Waals surface area contributed by atoms with Gasteiger partial charge in [-0.3, -0.25) is 0 Å². The average Bonchev–Trinajstić information content (AvgIpc) is 3.18. The van der Waals surface area contributed by atoms with Crippen molar-refractivity contribution in [1.82, 2.24) is 19.8 Å². The topological polar surface area (TPSA) is 55.1 Å². The van der Waals surface area contributed by atoms with Gasteiger partial charge in [-0.1, -0.05) is 70.9 Å². The maximum absolute atomic E-state index is 6.00. The van der Waals surface area contributed by atoms with Gasteiger partial charge >= 0.3 is 0 Å². The van der Waals surface area contributed by atoms with E-state index in [4.69, 9.17) is 16.6 Å². The number of fused-ring (bicyclic) bond motifs is 3. The van der Waals surface area contributed by atoms with Gasteiger partial charge in [-0.2, -0.15) is 4.52 Å². The van der Waals surface area contributed by atoms with E-state index in [0.29, 0.717) is 6.54 Å². The molecule has 0 bridgehead atoms. The summed E-state index contributed by atoms with van der Waals surface area (Å²) in [6.07, 6.45) is 0. The molecule has 5 rings (SSSR count). The molecule has 29 heavy (non-hydrogen) atoms.